The largest absolute Gasteiger partial charge is 0.382 e. The molecule has 2 aliphatic rings. The summed E-state index contributed by atoms with van der Waals surface area (Å²) in [6.07, 6.45) is 2.00. The summed E-state index contributed by atoms with van der Waals surface area (Å²) in [4.78, 5) is 15.0. The number of likely N-dealkylation sites (tertiary alicyclic amines) is 1. The van der Waals surface area contributed by atoms with Gasteiger partial charge in [0.25, 0.3) is 0 Å². The van der Waals surface area contributed by atoms with E-state index in [2.05, 4.69) is 55.3 Å². The first-order valence-electron chi connectivity index (χ1n) is 8.19. The van der Waals surface area contributed by atoms with E-state index in [1.54, 1.807) is 0 Å². The van der Waals surface area contributed by atoms with Crippen LogP contribution in [0.1, 0.15) is 32.8 Å². The van der Waals surface area contributed by atoms with Gasteiger partial charge in [-0.25, -0.2) is 0 Å². The zero-order chi connectivity index (χ0) is 15.0. The zero-order valence-corrected chi connectivity index (χ0v) is 13.3. The molecule has 3 nitrogen and oxygen atoms in total. The molecule has 3 heteroatoms. The summed E-state index contributed by atoms with van der Waals surface area (Å²) >= 11 is 0. The maximum absolute atomic E-state index is 12.9. The molecule has 114 valence electrons. The number of para-hydroxylation sites is 1. The first-order chi connectivity index (χ1) is 10.1. The summed E-state index contributed by atoms with van der Waals surface area (Å²) in [5.41, 5.74) is 2.46. The van der Waals surface area contributed by atoms with E-state index >= 15 is 0 Å². The fourth-order valence-corrected chi connectivity index (χ4v) is 3.60. The van der Waals surface area contributed by atoms with Gasteiger partial charge in [0.1, 0.15) is 0 Å². The quantitative estimate of drug-likeness (QED) is 0.860. The fraction of sp³-hybridized carbons (Fsp3) is 0.611. The number of nitrogens with one attached hydrogen (secondary N) is 1. The number of carbonyl (C=O) groups excluding carboxylic acids is 1. The van der Waals surface area contributed by atoms with Crippen molar-refractivity contribution < 1.29 is 4.79 Å². The topological polar surface area (TPSA) is 32.3 Å². The number of hydrogen-bond donors (Lipinski definition) is 1. The van der Waals surface area contributed by atoms with Gasteiger partial charge in [-0.2, -0.15) is 0 Å². The van der Waals surface area contributed by atoms with Crippen LogP contribution in [-0.2, 0) is 11.2 Å². The van der Waals surface area contributed by atoms with Crippen molar-refractivity contribution in [1.82, 2.24) is 4.90 Å². The predicted octanol–water partition coefficient (Wildman–Crippen LogP) is 3.16. The van der Waals surface area contributed by atoms with Crippen molar-refractivity contribution >= 4 is 11.6 Å². The Kier molecular flexibility index (Phi) is 3.92. The highest BCUT2D eigenvalue weighted by Gasteiger charge is 2.35. The standard InChI is InChI=1S/C18H26N2O/c1-12-8-9-20(11-13(12)2)18(21)16-10-15-6-4-5-7-17(15)19-14(16)3/h4-7,12-14,16,19H,8-11H2,1-3H3. The molecule has 4 unspecified atom stereocenters. The minimum atomic E-state index is 0.0699. The zero-order valence-electron chi connectivity index (χ0n) is 13.3. The highest BCUT2D eigenvalue weighted by atomic mass is 16.2. The Labute approximate surface area is 127 Å². The number of anilines is 1. The number of piperidine rings is 1. The van der Waals surface area contributed by atoms with E-state index in [0.29, 0.717) is 11.8 Å². The van der Waals surface area contributed by atoms with Gasteiger partial charge in [0.15, 0.2) is 0 Å². The second-order valence-electron chi connectivity index (χ2n) is 6.93. The van der Waals surface area contributed by atoms with Gasteiger partial charge >= 0.3 is 0 Å². The molecule has 2 aliphatic heterocycles. The molecular weight excluding hydrogens is 260 g/mol. The summed E-state index contributed by atoms with van der Waals surface area (Å²) in [7, 11) is 0. The number of carbonyl (C=O) groups is 1. The lowest BCUT2D eigenvalue weighted by molar-refractivity contribution is -0.138. The van der Waals surface area contributed by atoms with Crippen LogP contribution in [0.4, 0.5) is 5.69 Å². The van der Waals surface area contributed by atoms with Gasteiger partial charge in [0.05, 0.1) is 5.92 Å². The summed E-state index contributed by atoms with van der Waals surface area (Å²) in [5.74, 6) is 1.75. The molecule has 0 radical (unpaired) electrons. The van der Waals surface area contributed by atoms with Gasteiger partial charge in [-0.1, -0.05) is 32.0 Å². The number of rotatable bonds is 1. The van der Waals surface area contributed by atoms with Crippen molar-refractivity contribution in [3.8, 4) is 0 Å². The fourth-order valence-electron chi connectivity index (χ4n) is 3.60. The molecule has 3 rings (SSSR count). The molecule has 0 bridgehead atoms. The maximum atomic E-state index is 12.9. The SMILES string of the molecule is CC1CCN(C(=O)C2Cc3ccccc3NC2C)CC1C. The van der Waals surface area contributed by atoms with Crippen LogP contribution in [0.5, 0.6) is 0 Å². The Morgan fingerprint density at radius 3 is 2.71 bits per heavy atom. The molecule has 4 atom stereocenters. The molecule has 0 aliphatic carbocycles. The van der Waals surface area contributed by atoms with E-state index in [4.69, 9.17) is 0 Å². The van der Waals surface area contributed by atoms with E-state index in [-0.39, 0.29) is 12.0 Å². The minimum Gasteiger partial charge on any atom is -0.382 e. The number of benzene rings is 1. The van der Waals surface area contributed by atoms with Crippen molar-refractivity contribution in [3.63, 3.8) is 0 Å². The third-order valence-corrected chi connectivity index (χ3v) is 5.41. The van der Waals surface area contributed by atoms with E-state index in [1.165, 1.54) is 11.3 Å². The average Bonchev–Trinajstić information content (AvgIpc) is 2.48. The molecule has 2 heterocycles. The molecule has 1 aromatic carbocycles. The van der Waals surface area contributed by atoms with Crippen molar-refractivity contribution in [1.29, 1.82) is 0 Å². The van der Waals surface area contributed by atoms with E-state index in [0.717, 1.165) is 31.8 Å². The minimum absolute atomic E-state index is 0.0699. The van der Waals surface area contributed by atoms with Crippen LogP contribution in [0.2, 0.25) is 0 Å². The monoisotopic (exact) mass is 286 g/mol. The predicted molar refractivity (Wildman–Crippen MR) is 86.2 cm³/mol. The van der Waals surface area contributed by atoms with Gasteiger partial charge in [0, 0.05) is 24.8 Å². The third-order valence-electron chi connectivity index (χ3n) is 5.41. The van der Waals surface area contributed by atoms with Gasteiger partial charge in [-0.15, -0.1) is 0 Å². The van der Waals surface area contributed by atoms with Crippen LogP contribution in [0, 0.1) is 17.8 Å². The van der Waals surface area contributed by atoms with Crippen LogP contribution in [0.25, 0.3) is 0 Å². The summed E-state index contributed by atoms with van der Waals surface area (Å²) in [6, 6.07) is 8.56. The molecule has 0 spiro atoms. The third kappa shape index (κ3) is 2.78. The maximum Gasteiger partial charge on any atom is 0.228 e. The first-order valence-corrected chi connectivity index (χ1v) is 8.19. The van der Waals surface area contributed by atoms with Crippen molar-refractivity contribution in [3.05, 3.63) is 29.8 Å². The Morgan fingerprint density at radius 2 is 1.95 bits per heavy atom. The number of hydrogen-bond acceptors (Lipinski definition) is 2. The van der Waals surface area contributed by atoms with E-state index in [1.807, 2.05) is 0 Å². The van der Waals surface area contributed by atoms with Crippen LogP contribution < -0.4 is 5.32 Å². The lowest BCUT2D eigenvalue weighted by Gasteiger charge is -2.40. The van der Waals surface area contributed by atoms with E-state index < -0.39 is 0 Å². The van der Waals surface area contributed by atoms with Crippen molar-refractivity contribution in [2.75, 3.05) is 18.4 Å². The molecule has 1 aromatic rings. The smallest absolute Gasteiger partial charge is 0.228 e. The number of nitrogens with zero attached hydrogens (tertiary/aromatic N) is 1. The van der Waals surface area contributed by atoms with Gasteiger partial charge in [0.2, 0.25) is 5.91 Å². The van der Waals surface area contributed by atoms with Crippen LogP contribution in [0.15, 0.2) is 24.3 Å². The van der Waals surface area contributed by atoms with Gasteiger partial charge in [-0.05, 0) is 43.2 Å². The number of amides is 1. The Balaban J connectivity index is 1.73. The van der Waals surface area contributed by atoms with Crippen LogP contribution in [0.3, 0.4) is 0 Å². The summed E-state index contributed by atoms with van der Waals surface area (Å²) < 4.78 is 0. The molecule has 1 N–H and O–H groups in total. The second kappa shape index (κ2) is 5.70. The molecular formula is C18H26N2O. The van der Waals surface area contributed by atoms with Gasteiger partial charge < -0.3 is 10.2 Å². The Hall–Kier alpha value is -1.51. The normalized spacial score (nSPS) is 32.2. The average molecular weight is 286 g/mol. The Morgan fingerprint density at radius 1 is 1.19 bits per heavy atom. The lowest BCUT2D eigenvalue weighted by atomic mass is 9.84. The molecule has 0 aromatic heterocycles. The highest BCUT2D eigenvalue weighted by Crippen LogP contribution is 2.31. The molecule has 1 saturated heterocycles. The van der Waals surface area contributed by atoms with Crippen molar-refractivity contribution in [2.45, 2.75) is 39.7 Å². The number of fused-ring (bicyclic) bond motifs is 1. The van der Waals surface area contributed by atoms with Gasteiger partial charge in [-0.3, -0.25) is 4.79 Å². The first kappa shape index (κ1) is 14.4. The van der Waals surface area contributed by atoms with Crippen LogP contribution in [-0.4, -0.2) is 29.9 Å². The van der Waals surface area contributed by atoms with Crippen LogP contribution >= 0.6 is 0 Å². The second-order valence-corrected chi connectivity index (χ2v) is 6.93. The molecule has 1 amide bonds. The molecule has 21 heavy (non-hydrogen) atoms. The van der Waals surface area contributed by atoms with E-state index in [9.17, 15) is 4.79 Å². The highest BCUT2D eigenvalue weighted by molar-refractivity contribution is 5.81. The summed E-state index contributed by atoms with van der Waals surface area (Å²) in [5, 5.41) is 3.50. The lowest BCUT2D eigenvalue weighted by Crippen LogP contribution is -2.49. The molecule has 1 fully saturated rings. The summed E-state index contributed by atoms with van der Waals surface area (Å²) in [6.45, 7) is 8.55. The molecule has 0 saturated carbocycles. The van der Waals surface area contributed by atoms with Crippen molar-refractivity contribution in [2.24, 2.45) is 17.8 Å². The Bertz CT molecular complexity index is 528.